The summed E-state index contributed by atoms with van der Waals surface area (Å²) in [6, 6.07) is 23.8. The molecule has 10 heteroatoms. The first-order valence-corrected chi connectivity index (χ1v) is 15.6. The number of benzene rings is 3. The van der Waals surface area contributed by atoms with Crippen LogP contribution in [-0.2, 0) is 20.9 Å². The number of aliphatic carboxylic acids is 1. The number of carbonyl (C=O) groups is 3. The van der Waals surface area contributed by atoms with E-state index in [0.717, 1.165) is 17.5 Å². The number of hydrogen-bond donors (Lipinski definition) is 4. The second-order valence-electron chi connectivity index (χ2n) is 11.1. The zero-order valence-electron chi connectivity index (χ0n) is 26.9. The predicted molar refractivity (Wildman–Crippen MR) is 178 cm³/mol. The third-order valence-corrected chi connectivity index (χ3v) is 7.99. The minimum atomic E-state index is -0.823. The molecule has 3 rings (SSSR count). The maximum atomic E-state index is 13.0. The van der Waals surface area contributed by atoms with E-state index in [4.69, 9.17) is 4.74 Å². The molecular formula is C36H44N4O6. The molecule has 10 nitrogen and oxygen atoms in total. The molecule has 0 saturated carbocycles. The summed E-state index contributed by atoms with van der Waals surface area (Å²) in [5, 5.41) is 33.6. The smallest absolute Gasteiger partial charge is 0.306 e. The molecule has 0 radical (unpaired) electrons. The van der Waals surface area contributed by atoms with Crippen molar-refractivity contribution < 1.29 is 29.3 Å². The molecule has 0 aliphatic heterocycles. The van der Waals surface area contributed by atoms with E-state index < -0.39 is 17.8 Å². The highest BCUT2D eigenvalue weighted by Crippen LogP contribution is 2.30. The molecule has 3 unspecified atom stereocenters. The van der Waals surface area contributed by atoms with Crippen molar-refractivity contribution >= 4 is 29.2 Å². The first kappa shape index (κ1) is 35.5. The Bertz CT molecular complexity index is 1500. The fraction of sp³-hybridized carbons (Fsp3) is 0.361. The molecule has 0 bridgehead atoms. The van der Waals surface area contributed by atoms with Crippen LogP contribution in [-0.4, -0.2) is 35.1 Å². The molecule has 0 spiro atoms. The molecule has 3 aromatic carbocycles. The minimum absolute atomic E-state index is 0.111. The van der Waals surface area contributed by atoms with E-state index in [9.17, 15) is 24.6 Å². The van der Waals surface area contributed by atoms with Crippen molar-refractivity contribution in [3.05, 3.63) is 101 Å². The van der Waals surface area contributed by atoms with Gasteiger partial charge in [-0.25, -0.2) is 0 Å². The van der Waals surface area contributed by atoms with Crippen LogP contribution in [0, 0.1) is 11.8 Å². The predicted octanol–water partition coefficient (Wildman–Crippen LogP) is 7.91. The lowest BCUT2D eigenvalue weighted by atomic mass is 9.83. The summed E-state index contributed by atoms with van der Waals surface area (Å²) in [5.41, 5.74) is 2.61. The molecule has 0 aromatic heterocycles. The number of allylic oxidation sites excluding steroid dienone is 1. The van der Waals surface area contributed by atoms with Crippen molar-refractivity contribution in [3.63, 3.8) is 0 Å². The van der Waals surface area contributed by atoms with Gasteiger partial charge in [-0.3, -0.25) is 14.4 Å². The Kier molecular flexibility index (Phi) is 14.0. The van der Waals surface area contributed by atoms with E-state index >= 15 is 0 Å². The number of ether oxygens (including phenoxy) is 1. The molecule has 3 aromatic rings. The Hall–Kier alpha value is -4.99. The maximum absolute atomic E-state index is 13.0. The van der Waals surface area contributed by atoms with Crippen LogP contribution in [0.4, 0.5) is 11.4 Å². The number of nitrogens with one attached hydrogen (secondary N) is 2. The highest BCUT2D eigenvalue weighted by Gasteiger charge is 2.25. The number of azo groups is 1. The third kappa shape index (κ3) is 10.6. The first-order valence-electron chi connectivity index (χ1n) is 15.6. The molecule has 4 N–H and O–H groups in total. The van der Waals surface area contributed by atoms with Gasteiger partial charge < -0.3 is 25.6 Å². The number of rotatable bonds is 17. The van der Waals surface area contributed by atoms with Crippen molar-refractivity contribution in [3.8, 4) is 5.75 Å². The summed E-state index contributed by atoms with van der Waals surface area (Å²) >= 11 is 0. The quantitative estimate of drug-likeness (QED) is 0.0678. The van der Waals surface area contributed by atoms with E-state index in [1.165, 1.54) is 14.0 Å². The standard InChI is InChI=1S/C36H44N4O6/c1-5-26(18-19-29(36(44)45)22-27(6-2)28-12-8-7-9-13-28)34(42)37-23-25-16-20-30(21-17-25)39-40-33(24(3)41)35(43)38-31-14-10-11-15-32(31)46-4/h7-17,20-21,26-27,29,41H,5-6,18-19,22-23H2,1-4H3,(H,37,42)(H,38,43)(H,44,45). The fourth-order valence-electron chi connectivity index (χ4n) is 5.21. The lowest BCUT2D eigenvalue weighted by molar-refractivity contribution is -0.143. The topological polar surface area (TPSA) is 150 Å². The molecule has 0 saturated heterocycles. The average Bonchev–Trinajstić information content (AvgIpc) is 3.06. The molecule has 0 fully saturated rings. The normalized spacial score (nSPS) is 13.7. The summed E-state index contributed by atoms with van der Waals surface area (Å²) in [5.74, 6) is -2.07. The zero-order valence-corrected chi connectivity index (χ0v) is 26.9. The number of nitrogens with zero attached hydrogens (tertiary/aromatic N) is 2. The van der Waals surface area contributed by atoms with Gasteiger partial charge in [0, 0.05) is 12.5 Å². The van der Waals surface area contributed by atoms with Crippen molar-refractivity contribution in [1.29, 1.82) is 0 Å². The number of para-hydroxylation sites is 2. The number of aliphatic hydroxyl groups excluding tert-OH is 1. The summed E-state index contributed by atoms with van der Waals surface area (Å²) in [6.45, 7) is 5.65. The van der Waals surface area contributed by atoms with Crippen LogP contribution in [0.3, 0.4) is 0 Å². The number of anilines is 1. The Balaban J connectivity index is 1.54. The molecule has 46 heavy (non-hydrogen) atoms. The number of hydrogen-bond acceptors (Lipinski definition) is 7. The molecular weight excluding hydrogens is 584 g/mol. The second kappa shape index (κ2) is 18.1. The van der Waals surface area contributed by atoms with Gasteiger partial charge in [0.05, 0.1) is 24.4 Å². The minimum Gasteiger partial charge on any atom is -0.510 e. The largest absolute Gasteiger partial charge is 0.510 e. The van der Waals surface area contributed by atoms with Crippen LogP contribution in [0.2, 0.25) is 0 Å². The molecule has 244 valence electrons. The van der Waals surface area contributed by atoms with E-state index in [1.54, 1.807) is 48.5 Å². The Morgan fingerprint density at radius 3 is 2.11 bits per heavy atom. The van der Waals surface area contributed by atoms with E-state index in [1.807, 2.05) is 37.3 Å². The van der Waals surface area contributed by atoms with Crippen LogP contribution in [0.1, 0.15) is 69.9 Å². The van der Waals surface area contributed by atoms with Gasteiger partial charge in [0.1, 0.15) is 11.5 Å². The van der Waals surface area contributed by atoms with Crippen molar-refractivity contribution in [2.75, 3.05) is 12.4 Å². The molecule has 0 aliphatic carbocycles. The van der Waals surface area contributed by atoms with Gasteiger partial charge in [0.15, 0.2) is 5.70 Å². The Morgan fingerprint density at radius 2 is 1.50 bits per heavy atom. The summed E-state index contributed by atoms with van der Waals surface area (Å²) in [7, 11) is 1.49. The number of methoxy groups -OCH3 is 1. The van der Waals surface area contributed by atoms with Crippen molar-refractivity contribution in [1.82, 2.24) is 5.32 Å². The van der Waals surface area contributed by atoms with E-state index in [2.05, 4.69) is 27.8 Å². The van der Waals surface area contributed by atoms with E-state index in [-0.39, 0.29) is 29.2 Å². The summed E-state index contributed by atoms with van der Waals surface area (Å²) < 4.78 is 5.25. The van der Waals surface area contributed by atoms with Gasteiger partial charge in [-0.2, -0.15) is 5.11 Å². The molecule has 0 heterocycles. The van der Waals surface area contributed by atoms with Crippen LogP contribution in [0.5, 0.6) is 5.75 Å². The zero-order chi connectivity index (χ0) is 33.5. The third-order valence-electron chi connectivity index (χ3n) is 7.99. The SMILES string of the molecule is CCC(CCC(CC(CC)c1ccccc1)C(=O)O)C(=O)NCc1ccc(N=NC(C(=O)Nc2ccccc2OC)=C(C)O)cc1. The molecule has 2 amide bonds. The second-order valence-corrected chi connectivity index (χ2v) is 11.1. The van der Waals surface area contributed by atoms with Gasteiger partial charge in [0.2, 0.25) is 5.91 Å². The van der Waals surface area contributed by atoms with Crippen LogP contribution in [0.25, 0.3) is 0 Å². The van der Waals surface area contributed by atoms with Crippen LogP contribution in [0.15, 0.2) is 101 Å². The van der Waals surface area contributed by atoms with Gasteiger partial charge in [-0.1, -0.05) is 68.4 Å². The lowest BCUT2D eigenvalue weighted by Gasteiger charge is -2.22. The fourth-order valence-corrected chi connectivity index (χ4v) is 5.21. The number of carboxylic acid groups (broad SMARTS) is 1. The highest BCUT2D eigenvalue weighted by molar-refractivity contribution is 6.04. The number of carboxylic acids is 1. The number of amides is 2. The van der Waals surface area contributed by atoms with E-state index in [0.29, 0.717) is 49.4 Å². The average molecular weight is 629 g/mol. The van der Waals surface area contributed by atoms with Crippen molar-refractivity contribution in [2.24, 2.45) is 22.1 Å². The van der Waals surface area contributed by atoms with Gasteiger partial charge in [-0.05, 0) is 80.3 Å². The summed E-state index contributed by atoms with van der Waals surface area (Å²) in [6.07, 6.45) is 2.93. The first-order chi connectivity index (χ1) is 22.2. The molecule has 0 aliphatic rings. The van der Waals surface area contributed by atoms with Gasteiger partial charge >= 0.3 is 5.97 Å². The lowest BCUT2D eigenvalue weighted by Crippen LogP contribution is -2.31. The highest BCUT2D eigenvalue weighted by atomic mass is 16.5. The molecule has 3 atom stereocenters. The van der Waals surface area contributed by atoms with Crippen LogP contribution < -0.4 is 15.4 Å². The van der Waals surface area contributed by atoms with Gasteiger partial charge in [0.25, 0.3) is 5.91 Å². The van der Waals surface area contributed by atoms with Crippen molar-refractivity contribution in [2.45, 2.75) is 65.3 Å². The maximum Gasteiger partial charge on any atom is 0.306 e. The Labute approximate surface area is 270 Å². The monoisotopic (exact) mass is 628 g/mol. The van der Waals surface area contributed by atoms with Crippen LogP contribution >= 0.6 is 0 Å². The van der Waals surface area contributed by atoms with Gasteiger partial charge in [-0.15, -0.1) is 5.11 Å². The number of aliphatic hydroxyl groups is 1. The Morgan fingerprint density at radius 1 is 0.848 bits per heavy atom. The number of carbonyl (C=O) groups excluding carboxylic acids is 2. The summed E-state index contributed by atoms with van der Waals surface area (Å²) in [4.78, 5) is 37.8.